The summed E-state index contributed by atoms with van der Waals surface area (Å²) in [6, 6.07) is 0. The Bertz CT molecular complexity index is 1760. The van der Waals surface area contributed by atoms with Gasteiger partial charge >= 0.3 is 39.5 Å². The van der Waals surface area contributed by atoms with Crippen molar-refractivity contribution < 1.29 is 80.2 Å². The molecule has 89 heavy (non-hydrogen) atoms. The fourth-order valence-corrected chi connectivity index (χ4v) is 12.1. The summed E-state index contributed by atoms with van der Waals surface area (Å²) >= 11 is 0. The monoisotopic (exact) mass is 1310 g/mol. The zero-order chi connectivity index (χ0) is 66.1. The molecular weight excluding hydrogens is 1170 g/mol. The van der Waals surface area contributed by atoms with E-state index in [4.69, 9.17) is 37.0 Å². The van der Waals surface area contributed by atoms with Crippen LogP contribution in [0.15, 0.2) is 0 Å². The molecule has 3 N–H and O–H groups in total. The number of phosphoric acid groups is 2. The molecule has 0 aliphatic heterocycles. The number of hydrogen-bond acceptors (Lipinski definition) is 15. The third kappa shape index (κ3) is 64.6. The molecule has 0 saturated heterocycles. The summed E-state index contributed by atoms with van der Waals surface area (Å²) in [5, 5.41) is 10.6. The van der Waals surface area contributed by atoms with Crippen molar-refractivity contribution in [3.8, 4) is 0 Å². The van der Waals surface area contributed by atoms with Gasteiger partial charge in [0.15, 0.2) is 12.2 Å². The number of carbonyl (C=O) groups is 4. The molecule has 0 amide bonds. The summed E-state index contributed by atoms with van der Waals surface area (Å²) in [5.41, 5.74) is 0. The maximum absolute atomic E-state index is 13.0. The molecule has 0 aromatic carbocycles. The Hall–Kier alpha value is -1.94. The molecule has 528 valence electrons. The van der Waals surface area contributed by atoms with Crippen LogP contribution < -0.4 is 0 Å². The Balaban J connectivity index is 5.23. The second-order valence-electron chi connectivity index (χ2n) is 27.2. The van der Waals surface area contributed by atoms with Gasteiger partial charge in [-0.05, 0) is 49.4 Å². The Morgan fingerprint density at radius 2 is 0.472 bits per heavy atom. The van der Waals surface area contributed by atoms with Crippen LogP contribution in [0.25, 0.3) is 0 Å². The maximum atomic E-state index is 13.0. The number of phosphoric ester groups is 2. The normalized spacial score (nSPS) is 14.3. The van der Waals surface area contributed by atoms with Crippen molar-refractivity contribution in [1.82, 2.24) is 0 Å². The van der Waals surface area contributed by atoms with Gasteiger partial charge in [-0.25, -0.2) is 9.13 Å². The van der Waals surface area contributed by atoms with Crippen molar-refractivity contribution >= 4 is 39.5 Å². The lowest BCUT2D eigenvalue weighted by Crippen LogP contribution is -2.30. The summed E-state index contributed by atoms with van der Waals surface area (Å²) < 4.78 is 68.2. The Labute approximate surface area is 543 Å². The molecule has 0 aromatic heterocycles. The second-order valence-corrected chi connectivity index (χ2v) is 30.1. The van der Waals surface area contributed by atoms with Gasteiger partial charge in [0.1, 0.15) is 19.3 Å². The molecule has 5 atom stereocenters. The molecular formula is C70H136O17P2. The van der Waals surface area contributed by atoms with Crippen LogP contribution >= 0.6 is 15.6 Å². The Morgan fingerprint density at radius 1 is 0.281 bits per heavy atom. The van der Waals surface area contributed by atoms with Gasteiger partial charge in [-0.1, -0.05) is 293 Å². The number of rotatable bonds is 67. The van der Waals surface area contributed by atoms with Crippen LogP contribution in [-0.2, 0) is 65.4 Å². The fraction of sp³-hybridized carbons (Fsp3) is 0.943. The van der Waals surface area contributed by atoms with E-state index >= 15 is 0 Å². The number of esters is 4. The molecule has 0 saturated carbocycles. The molecule has 0 aliphatic carbocycles. The quantitative estimate of drug-likeness (QED) is 0.0222. The third-order valence-electron chi connectivity index (χ3n) is 16.1. The summed E-state index contributed by atoms with van der Waals surface area (Å²) in [6.07, 6.45) is 41.9. The molecule has 2 unspecified atom stereocenters. The van der Waals surface area contributed by atoms with Gasteiger partial charge in [0, 0.05) is 25.7 Å². The number of aliphatic hydroxyl groups excluding tert-OH is 1. The predicted octanol–water partition coefficient (Wildman–Crippen LogP) is 19.7. The van der Waals surface area contributed by atoms with Gasteiger partial charge in [-0.15, -0.1) is 0 Å². The maximum Gasteiger partial charge on any atom is 0.472 e. The fourth-order valence-electron chi connectivity index (χ4n) is 10.5. The highest BCUT2D eigenvalue weighted by atomic mass is 31.2. The lowest BCUT2D eigenvalue weighted by molar-refractivity contribution is -0.161. The number of aliphatic hydroxyl groups is 1. The number of carbonyl (C=O) groups excluding carboxylic acids is 4. The van der Waals surface area contributed by atoms with Crippen LogP contribution in [0.4, 0.5) is 0 Å². The largest absolute Gasteiger partial charge is 0.472 e. The van der Waals surface area contributed by atoms with Crippen molar-refractivity contribution in [3.63, 3.8) is 0 Å². The first-order valence-electron chi connectivity index (χ1n) is 36.2. The zero-order valence-corrected chi connectivity index (χ0v) is 59.8. The molecule has 17 nitrogen and oxygen atoms in total. The topological polar surface area (TPSA) is 237 Å². The van der Waals surface area contributed by atoms with Crippen LogP contribution in [0.1, 0.15) is 344 Å². The average molecular weight is 1310 g/mol. The van der Waals surface area contributed by atoms with Crippen molar-refractivity contribution in [2.24, 2.45) is 23.7 Å². The zero-order valence-electron chi connectivity index (χ0n) is 58.1. The van der Waals surface area contributed by atoms with Crippen LogP contribution in [0, 0.1) is 23.7 Å². The Kier molecular flexibility index (Phi) is 58.5. The lowest BCUT2D eigenvalue weighted by atomic mass is 10.0. The van der Waals surface area contributed by atoms with Crippen molar-refractivity contribution in [2.75, 3.05) is 39.6 Å². The smallest absolute Gasteiger partial charge is 0.462 e. The minimum atomic E-state index is -4.95. The molecule has 0 bridgehead atoms. The van der Waals surface area contributed by atoms with Gasteiger partial charge in [0.2, 0.25) is 0 Å². The standard InChI is InChI=1S/C70H136O17P2/c1-60(2)46-38-30-22-16-12-10-9-11-13-18-25-34-42-50-67(72)80-56-65(86-69(74)52-44-36-26-19-15-14-17-23-31-39-47-61(3)4)58-84-88(76,77)82-54-64(71)55-83-89(78,79)85-59-66(57-81-68(73)51-43-35-29-28-33-41-49-63(7)8)87-70(75)53-45-37-27-21-20-24-32-40-48-62(5)6/h60-66,71H,9-59H2,1-8H3,(H,76,77)(H,78,79)/t64-,65-,66-/m1/s1. The first-order valence-corrected chi connectivity index (χ1v) is 39.2. The summed E-state index contributed by atoms with van der Waals surface area (Å²) in [7, 11) is -9.90. The van der Waals surface area contributed by atoms with Crippen LogP contribution in [-0.4, -0.2) is 96.7 Å². The van der Waals surface area contributed by atoms with E-state index in [2.05, 4.69) is 55.4 Å². The van der Waals surface area contributed by atoms with E-state index in [1.54, 1.807) is 0 Å². The van der Waals surface area contributed by atoms with Crippen molar-refractivity contribution in [2.45, 2.75) is 363 Å². The van der Waals surface area contributed by atoms with Crippen LogP contribution in [0.2, 0.25) is 0 Å². The number of unbranched alkanes of at least 4 members (excludes halogenated alkanes) is 33. The predicted molar refractivity (Wildman–Crippen MR) is 358 cm³/mol. The second kappa shape index (κ2) is 59.8. The summed E-state index contributed by atoms with van der Waals surface area (Å²) in [6.45, 7) is 14.0. The van der Waals surface area contributed by atoms with E-state index in [0.29, 0.717) is 31.6 Å². The van der Waals surface area contributed by atoms with Crippen LogP contribution in [0.5, 0.6) is 0 Å². The van der Waals surface area contributed by atoms with Gasteiger partial charge in [0.25, 0.3) is 0 Å². The lowest BCUT2D eigenvalue weighted by Gasteiger charge is -2.21. The molecule has 0 aliphatic rings. The van der Waals surface area contributed by atoms with E-state index in [0.717, 1.165) is 114 Å². The van der Waals surface area contributed by atoms with E-state index in [1.165, 1.54) is 141 Å². The highest BCUT2D eigenvalue weighted by molar-refractivity contribution is 7.47. The van der Waals surface area contributed by atoms with E-state index < -0.39 is 97.5 Å². The average Bonchev–Trinajstić information content (AvgIpc) is 3.61. The van der Waals surface area contributed by atoms with Gasteiger partial charge in [-0.3, -0.25) is 37.3 Å². The summed E-state index contributed by atoms with van der Waals surface area (Å²) in [4.78, 5) is 72.5. The van der Waals surface area contributed by atoms with E-state index in [-0.39, 0.29) is 25.7 Å². The third-order valence-corrected chi connectivity index (χ3v) is 18.0. The van der Waals surface area contributed by atoms with E-state index in [1.807, 2.05) is 0 Å². The van der Waals surface area contributed by atoms with Gasteiger partial charge < -0.3 is 33.8 Å². The molecule has 0 spiro atoms. The SMILES string of the molecule is CC(C)CCCCCCCCCCCCCCCC(=O)OC[C@H](COP(=O)(O)OC[C@@H](O)COP(=O)(O)OC[C@@H](COC(=O)CCCCCCCCC(C)C)OC(=O)CCCCCCCCCCC(C)C)OC(=O)CCCCCCCCCCCCC(C)C. The summed E-state index contributed by atoms with van der Waals surface area (Å²) in [5.74, 6) is 0.809. The molecule has 0 heterocycles. The van der Waals surface area contributed by atoms with Crippen molar-refractivity contribution in [3.05, 3.63) is 0 Å². The van der Waals surface area contributed by atoms with Gasteiger partial charge in [0.05, 0.1) is 26.4 Å². The van der Waals surface area contributed by atoms with Gasteiger partial charge in [-0.2, -0.15) is 0 Å². The highest BCUT2D eigenvalue weighted by Crippen LogP contribution is 2.45. The number of hydrogen-bond donors (Lipinski definition) is 3. The molecule has 0 rings (SSSR count). The Morgan fingerprint density at radius 3 is 0.697 bits per heavy atom. The minimum absolute atomic E-state index is 0.103. The molecule has 0 fully saturated rings. The molecule has 19 heteroatoms. The van der Waals surface area contributed by atoms with Crippen LogP contribution in [0.3, 0.4) is 0 Å². The van der Waals surface area contributed by atoms with E-state index in [9.17, 15) is 43.2 Å². The molecule has 0 radical (unpaired) electrons. The first kappa shape index (κ1) is 87.1. The number of ether oxygens (including phenoxy) is 4. The molecule has 0 aromatic rings. The van der Waals surface area contributed by atoms with Crippen molar-refractivity contribution in [1.29, 1.82) is 0 Å². The first-order chi connectivity index (χ1) is 42.6. The highest BCUT2D eigenvalue weighted by Gasteiger charge is 2.30. The minimum Gasteiger partial charge on any atom is -0.462 e.